The molecule has 0 aromatic heterocycles. The third kappa shape index (κ3) is 9.23. The molecular formula is C9H12O10. The Morgan fingerprint density at radius 1 is 0.842 bits per heavy atom. The van der Waals surface area contributed by atoms with Crippen molar-refractivity contribution in [3.8, 4) is 0 Å². The zero-order valence-electron chi connectivity index (χ0n) is 9.69. The molecule has 0 heterocycles. The van der Waals surface area contributed by atoms with Crippen LogP contribution in [0.25, 0.3) is 0 Å². The van der Waals surface area contributed by atoms with Gasteiger partial charge in [-0.1, -0.05) is 0 Å². The first-order valence-corrected chi connectivity index (χ1v) is 4.55. The third-order valence-electron chi connectivity index (χ3n) is 1.59. The van der Waals surface area contributed by atoms with Gasteiger partial charge < -0.3 is 25.5 Å². The summed E-state index contributed by atoms with van der Waals surface area (Å²) in [4.78, 5) is 49.4. The summed E-state index contributed by atoms with van der Waals surface area (Å²) in [5.74, 6) is -7.22. The molecule has 0 atom stereocenters. The predicted molar refractivity (Wildman–Crippen MR) is 55.4 cm³/mol. The minimum Gasteiger partial charge on any atom is -0.481 e. The Balaban J connectivity index is 0. The molecule has 0 saturated heterocycles. The van der Waals surface area contributed by atoms with Crippen LogP contribution in [0.5, 0.6) is 0 Å². The lowest BCUT2D eigenvalue weighted by atomic mass is 9.96. The number of Topliss-reactive ketones (excluding diaryl/α,β-unsaturated/α-hetero) is 1. The molecule has 0 amide bonds. The van der Waals surface area contributed by atoms with Gasteiger partial charge in [-0.25, -0.2) is 9.59 Å². The van der Waals surface area contributed by atoms with Gasteiger partial charge in [-0.15, -0.1) is 0 Å². The summed E-state index contributed by atoms with van der Waals surface area (Å²) in [5.41, 5.74) is -2.74. The first-order chi connectivity index (χ1) is 8.42. The quantitative estimate of drug-likeness (QED) is 0.355. The highest BCUT2D eigenvalue weighted by Gasteiger charge is 2.40. The second-order valence-corrected chi connectivity index (χ2v) is 3.34. The Morgan fingerprint density at radius 3 is 1.21 bits per heavy atom. The molecule has 0 rings (SSSR count). The van der Waals surface area contributed by atoms with E-state index in [0.29, 0.717) is 0 Å². The van der Waals surface area contributed by atoms with E-state index in [2.05, 4.69) is 0 Å². The van der Waals surface area contributed by atoms with E-state index in [-0.39, 0.29) is 0 Å². The molecule has 10 heteroatoms. The molecule has 108 valence electrons. The smallest absolute Gasteiger partial charge is 0.371 e. The standard InChI is InChI=1S/C6H8O7.C3H4O3/c7-3(8)1-6(13,5(11)12)2-4(9)10;1-2(4)3(5)6/h13H,1-2H2,(H,7,8)(H,9,10)(H,11,12);1H3,(H,5,6). The van der Waals surface area contributed by atoms with Crippen molar-refractivity contribution < 1.29 is 49.5 Å². The lowest BCUT2D eigenvalue weighted by Crippen LogP contribution is -2.42. The van der Waals surface area contributed by atoms with Gasteiger partial charge in [0.1, 0.15) is 0 Å². The fourth-order valence-electron chi connectivity index (χ4n) is 0.714. The van der Waals surface area contributed by atoms with E-state index in [4.69, 9.17) is 25.5 Å². The molecule has 0 aliphatic heterocycles. The largest absolute Gasteiger partial charge is 0.481 e. The number of hydrogen-bond donors (Lipinski definition) is 5. The normalized spacial score (nSPS) is 9.79. The highest BCUT2D eigenvalue weighted by Crippen LogP contribution is 2.15. The zero-order valence-corrected chi connectivity index (χ0v) is 9.69. The number of carbonyl (C=O) groups is 5. The topological polar surface area (TPSA) is 186 Å². The van der Waals surface area contributed by atoms with Crippen molar-refractivity contribution in [3.05, 3.63) is 0 Å². The Hall–Kier alpha value is -2.49. The van der Waals surface area contributed by atoms with Crippen molar-refractivity contribution in [2.45, 2.75) is 25.4 Å². The minimum atomic E-state index is -2.74. The van der Waals surface area contributed by atoms with E-state index < -0.39 is 48.1 Å². The number of carbonyl (C=O) groups excluding carboxylic acids is 1. The maximum Gasteiger partial charge on any atom is 0.371 e. The average molecular weight is 280 g/mol. The number of aliphatic hydroxyl groups is 1. The Morgan fingerprint density at radius 2 is 1.11 bits per heavy atom. The van der Waals surface area contributed by atoms with Crippen LogP contribution in [0.4, 0.5) is 0 Å². The Labute approximate surface area is 105 Å². The summed E-state index contributed by atoms with van der Waals surface area (Å²) < 4.78 is 0. The molecule has 19 heavy (non-hydrogen) atoms. The molecule has 0 bridgehead atoms. The van der Waals surface area contributed by atoms with Gasteiger partial charge >= 0.3 is 23.9 Å². The van der Waals surface area contributed by atoms with Crippen LogP contribution >= 0.6 is 0 Å². The second kappa shape index (κ2) is 7.76. The van der Waals surface area contributed by atoms with Gasteiger partial charge in [0, 0.05) is 6.92 Å². The maximum atomic E-state index is 10.3. The number of ketones is 1. The molecule has 0 radical (unpaired) electrons. The van der Waals surface area contributed by atoms with E-state index in [1.54, 1.807) is 0 Å². The van der Waals surface area contributed by atoms with Crippen molar-refractivity contribution in [2.24, 2.45) is 0 Å². The number of hydrogen-bond acceptors (Lipinski definition) is 6. The molecule has 0 saturated carbocycles. The first-order valence-electron chi connectivity index (χ1n) is 4.55. The zero-order chi connectivity index (χ0) is 15.8. The molecular weight excluding hydrogens is 268 g/mol. The predicted octanol–water partition coefficient (Wildman–Crippen LogP) is -1.59. The average Bonchev–Trinajstić information content (AvgIpc) is 2.14. The SMILES string of the molecule is CC(=O)C(=O)O.O=C(O)CC(O)(CC(=O)O)C(=O)O. The second-order valence-electron chi connectivity index (χ2n) is 3.34. The van der Waals surface area contributed by atoms with Crippen LogP contribution in [0.2, 0.25) is 0 Å². The molecule has 10 nitrogen and oxygen atoms in total. The number of carboxylic acid groups (broad SMARTS) is 4. The Bertz CT molecular complexity index is 368. The molecule has 0 aromatic rings. The van der Waals surface area contributed by atoms with Crippen molar-refractivity contribution in [1.82, 2.24) is 0 Å². The van der Waals surface area contributed by atoms with Crippen LogP contribution in [0.15, 0.2) is 0 Å². The number of carboxylic acids is 4. The lowest BCUT2D eigenvalue weighted by molar-refractivity contribution is -0.170. The van der Waals surface area contributed by atoms with Crippen LogP contribution < -0.4 is 0 Å². The van der Waals surface area contributed by atoms with Crippen LogP contribution in [0.3, 0.4) is 0 Å². The van der Waals surface area contributed by atoms with Gasteiger partial charge in [0.25, 0.3) is 0 Å². The summed E-state index contributed by atoms with van der Waals surface area (Å²) in [6.07, 6.45) is -2.29. The molecule has 0 aliphatic rings. The van der Waals surface area contributed by atoms with E-state index in [1.807, 2.05) is 0 Å². The van der Waals surface area contributed by atoms with Crippen LogP contribution in [0.1, 0.15) is 19.8 Å². The van der Waals surface area contributed by atoms with E-state index >= 15 is 0 Å². The third-order valence-corrected chi connectivity index (χ3v) is 1.59. The molecule has 0 aliphatic carbocycles. The van der Waals surface area contributed by atoms with Gasteiger partial charge in [-0.3, -0.25) is 14.4 Å². The van der Waals surface area contributed by atoms with Gasteiger partial charge in [-0.2, -0.15) is 0 Å². The van der Waals surface area contributed by atoms with Gasteiger partial charge in [-0.05, 0) is 0 Å². The van der Waals surface area contributed by atoms with Crippen LogP contribution in [-0.4, -0.2) is 60.8 Å². The molecule has 0 unspecified atom stereocenters. The fraction of sp³-hybridized carbons (Fsp3) is 0.444. The first kappa shape index (κ1) is 18.9. The summed E-state index contributed by atoms with van der Waals surface area (Å²) >= 11 is 0. The summed E-state index contributed by atoms with van der Waals surface area (Å²) in [5, 5.41) is 41.5. The fourth-order valence-corrected chi connectivity index (χ4v) is 0.714. The highest BCUT2D eigenvalue weighted by molar-refractivity contribution is 6.31. The number of aliphatic carboxylic acids is 4. The van der Waals surface area contributed by atoms with Crippen molar-refractivity contribution in [1.29, 1.82) is 0 Å². The Kier molecular flexibility index (Phi) is 7.71. The summed E-state index contributed by atoms with van der Waals surface area (Å²) in [6.45, 7) is 1.00. The van der Waals surface area contributed by atoms with Crippen molar-refractivity contribution in [2.75, 3.05) is 0 Å². The van der Waals surface area contributed by atoms with Crippen LogP contribution in [-0.2, 0) is 24.0 Å². The van der Waals surface area contributed by atoms with Gasteiger partial charge in [0.2, 0.25) is 5.78 Å². The summed E-state index contributed by atoms with van der Waals surface area (Å²) in [7, 11) is 0. The monoisotopic (exact) mass is 280 g/mol. The van der Waals surface area contributed by atoms with E-state index in [9.17, 15) is 24.0 Å². The van der Waals surface area contributed by atoms with Gasteiger partial charge in [0.15, 0.2) is 5.60 Å². The van der Waals surface area contributed by atoms with E-state index in [1.165, 1.54) is 0 Å². The number of rotatable bonds is 6. The highest BCUT2D eigenvalue weighted by atomic mass is 16.4. The maximum absolute atomic E-state index is 10.3. The molecule has 0 spiro atoms. The van der Waals surface area contributed by atoms with E-state index in [0.717, 1.165) is 6.92 Å². The molecule has 0 aromatic carbocycles. The van der Waals surface area contributed by atoms with Gasteiger partial charge in [0.05, 0.1) is 12.8 Å². The van der Waals surface area contributed by atoms with Crippen molar-refractivity contribution >= 4 is 29.7 Å². The molecule has 0 fully saturated rings. The lowest BCUT2D eigenvalue weighted by Gasteiger charge is -2.18. The van der Waals surface area contributed by atoms with Crippen LogP contribution in [0, 0.1) is 0 Å². The summed E-state index contributed by atoms with van der Waals surface area (Å²) in [6, 6.07) is 0. The van der Waals surface area contributed by atoms with Crippen molar-refractivity contribution in [3.63, 3.8) is 0 Å². The minimum absolute atomic E-state index is 0.824. The molecule has 5 N–H and O–H groups in total.